The summed E-state index contributed by atoms with van der Waals surface area (Å²) in [7, 11) is 0. The van der Waals surface area contributed by atoms with Crippen LogP contribution in [0.4, 0.5) is 0 Å². The van der Waals surface area contributed by atoms with Gasteiger partial charge in [0.25, 0.3) is 0 Å². The molecule has 4 nitrogen and oxygen atoms in total. The molecule has 2 aromatic rings. The van der Waals surface area contributed by atoms with E-state index >= 15 is 0 Å². The number of nitrogens with zero attached hydrogens (tertiary/aromatic N) is 2. The van der Waals surface area contributed by atoms with Gasteiger partial charge in [0.1, 0.15) is 12.4 Å². The van der Waals surface area contributed by atoms with Gasteiger partial charge in [0.15, 0.2) is 5.82 Å². The van der Waals surface area contributed by atoms with Crippen molar-refractivity contribution in [3.63, 3.8) is 0 Å². The third-order valence-corrected chi connectivity index (χ3v) is 2.47. The maximum absolute atomic E-state index is 5.55. The fourth-order valence-electron chi connectivity index (χ4n) is 1.35. The van der Waals surface area contributed by atoms with E-state index < -0.39 is 0 Å². The Morgan fingerprint density at radius 3 is 2.75 bits per heavy atom. The summed E-state index contributed by atoms with van der Waals surface area (Å²) in [6.45, 7) is 3.20. The molecule has 1 aromatic carbocycles. The second kappa shape index (κ2) is 4.94. The highest BCUT2D eigenvalue weighted by atomic mass is 32.1. The van der Waals surface area contributed by atoms with Crippen LogP contribution in [-0.4, -0.2) is 14.8 Å². The number of aromatic nitrogens is 3. The van der Waals surface area contributed by atoms with Crippen LogP contribution in [0.25, 0.3) is 0 Å². The highest BCUT2D eigenvalue weighted by molar-refractivity contribution is 7.71. The molecule has 0 atom stereocenters. The second-order valence-electron chi connectivity index (χ2n) is 3.30. The molecule has 0 saturated heterocycles. The minimum absolute atomic E-state index is 0.403. The average Bonchev–Trinajstić information content (AvgIpc) is 2.69. The van der Waals surface area contributed by atoms with Gasteiger partial charge in [0, 0.05) is 6.54 Å². The lowest BCUT2D eigenvalue weighted by atomic mass is 10.3. The van der Waals surface area contributed by atoms with Crippen molar-refractivity contribution in [2.75, 3.05) is 0 Å². The predicted molar refractivity (Wildman–Crippen MR) is 63.9 cm³/mol. The Morgan fingerprint density at radius 2 is 2.12 bits per heavy atom. The fraction of sp³-hybridized carbons (Fsp3) is 0.273. The van der Waals surface area contributed by atoms with Gasteiger partial charge >= 0.3 is 0 Å². The topological polar surface area (TPSA) is 42.8 Å². The molecule has 0 unspecified atom stereocenters. The van der Waals surface area contributed by atoms with E-state index in [0.717, 1.165) is 18.1 Å². The molecule has 0 bridgehead atoms. The van der Waals surface area contributed by atoms with Crippen molar-refractivity contribution in [3.05, 3.63) is 40.9 Å². The van der Waals surface area contributed by atoms with Crippen LogP contribution in [-0.2, 0) is 13.2 Å². The molecule has 0 aliphatic rings. The smallest absolute Gasteiger partial charge is 0.216 e. The summed E-state index contributed by atoms with van der Waals surface area (Å²) in [5, 5.41) is 3.08. The van der Waals surface area contributed by atoms with Gasteiger partial charge < -0.3 is 4.74 Å². The van der Waals surface area contributed by atoms with Crippen LogP contribution in [0.3, 0.4) is 0 Å². The van der Waals surface area contributed by atoms with E-state index in [1.807, 2.05) is 37.3 Å². The van der Waals surface area contributed by atoms with Crippen LogP contribution in [0.5, 0.6) is 5.75 Å². The molecule has 0 aliphatic heterocycles. The first-order valence-electron chi connectivity index (χ1n) is 5.13. The number of H-pyrrole nitrogens is 1. The first-order chi connectivity index (χ1) is 7.79. The summed E-state index contributed by atoms with van der Waals surface area (Å²) < 4.78 is 7.92. The largest absolute Gasteiger partial charge is 0.486 e. The van der Waals surface area contributed by atoms with Crippen molar-refractivity contribution in [1.82, 2.24) is 14.8 Å². The normalized spacial score (nSPS) is 10.3. The van der Waals surface area contributed by atoms with Gasteiger partial charge in [0.2, 0.25) is 4.77 Å². The van der Waals surface area contributed by atoms with E-state index in [-0.39, 0.29) is 0 Å². The molecule has 1 heterocycles. The van der Waals surface area contributed by atoms with Crippen molar-refractivity contribution in [2.24, 2.45) is 0 Å². The molecule has 2 rings (SSSR count). The lowest BCUT2D eigenvalue weighted by Gasteiger charge is -2.02. The van der Waals surface area contributed by atoms with E-state index in [9.17, 15) is 0 Å². The van der Waals surface area contributed by atoms with Crippen LogP contribution in [0.1, 0.15) is 12.7 Å². The maximum atomic E-state index is 5.55. The highest BCUT2D eigenvalue weighted by Gasteiger charge is 2.01. The summed E-state index contributed by atoms with van der Waals surface area (Å²) in [6, 6.07) is 9.63. The van der Waals surface area contributed by atoms with Crippen LogP contribution in [0.2, 0.25) is 0 Å². The molecule has 0 aliphatic carbocycles. The Hall–Kier alpha value is -1.62. The highest BCUT2D eigenvalue weighted by Crippen LogP contribution is 2.09. The van der Waals surface area contributed by atoms with Gasteiger partial charge in [-0.25, -0.2) is 4.98 Å². The fourth-order valence-corrected chi connectivity index (χ4v) is 1.64. The minimum Gasteiger partial charge on any atom is -0.486 e. The summed E-state index contributed by atoms with van der Waals surface area (Å²) in [5.41, 5.74) is 0. The number of nitrogens with one attached hydrogen (secondary N) is 1. The molecule has 0 amide bonds. The summed E-state index contributed by atoms with van der Waals surface area (Å²) in [6.07, 6.45) is 0. The number of aryl methyl sites for hydroxylation is 1. The molecular formula is C11H13N3OS. The Bertz CT molecular complexity index is 503. The SMILES string of the molecule is CCn1[nH]c(COc2ccccc2)nc1=S. The summed E-state index contributed by atoms with van der Waals surface area (Å²) in [4.78, 5) is 4.19. The summed E-state index contributed by atoms with van der Waals surface area (Å²) >= 11 is 5.07. The predicted octanol–water partition coefficient (Wildman–Crippen LogP) is 2.54. The van der Waals surface area contributed by atoms with E-state index in [4.69, 9.17) is 17.0 Å². The van der Waals surface area contributed by atoms with Gasteiger partial charge in [-0.1, -0.05) is 18.2 Å². The standard InChI is InChI=1S/C11H13N3OS/c1-2-14-11(16)12-10(13-14)8-15-9-6-4-3-5-7-9/h3-7H,2,8H2,1H3,(H,12,13,16). The van der Waals surface area contributed by atoms with Gasteiger partial charge in [0.05, 0.1) is 0 Å². The van der Waals surface area contributed by atoms with E-state index in [0.29, 0.717) is 11.4 Å². The molecular weight excluding hydrogens is 222 g/mol. The van der Waals surface area contributed by atoms with Gasteiger partial charge in [-0.2, -0.15) is 0 Å². The number of para-hydroxylation sites is 1. The molecule has 16 heavy (non-hydrogen) atoms. The van der Waals surface area contributed by atoms with Gasteiger partial charge in [-0.3, -0.25) is 9.78 Å². The monoisotopic (exact) mass is 235 g/mol. The van der Waals surface area contributed by atoms with Crippen LogP contribution in [0.15, 0.2) is 30.3 Å². The second-order valence-corrected chi connectivity index (χ2v) is 3.66. The van der Waals surface area contributed by atoms with Crippen molar-refractivity contribution >= 4 is 12.2 Å². The Morgan fingerprint density at radius 1 is 1.38 bits per heavy atom. The van der Waals surface area contributed by atoms with E-state index in [1.54, 1.807) is 4.68 Å². The summed E-state index contributed by atoms with van der Waals surface area (Å²) in [5.74, 6) is 1.57. The quantitative estimate of drug-likeness (QED) is 0.828. The van der Waals surface area contributed by atoms with Gasteiger partial charge in [-0.05, 0) is 31.3 Å². The molecule has 84 valence electrons. The number of hydrogen-bond acceptors (Lipinski definition) is 3. The molecule has 0 radical (unpaired) electrons. The molecule has 1 aromatic heterocycles. The number of ether oxygens (including phenoxy) is 1. The van der Waals surface area contributed by atoms with Crippen LogP contribution >= 0.6 is 12.2 Å². The van der Waals surface area contributed by atoms with Crippen molar-refractivity contribution in [2.45, 2.75) is 20.1 Å². The van der Waals surface area contributed by atoms with Crippen LogP contribution in [0, 0.1) is 4.77 Å². The van der Waals surface area contributed by atoms with Crippen molar-refractivity contribution in [3.8, 4) is 5.75 Å². The first kappa shape index (κ1) is 10.9. The van der Waals surface area contributed by atoms with E-state index in [1.165, 1.54) is 0 Å². The molecule has 5 heteroatoms. The van der Waals surface area contributed by atoms with Crippen molar-refractivity contribution < 1.29 is 4.74 Å². The lowest BCUT2D eigenvalue weighted by Crippen LogP contribution is -2.00. The zero-order valence-corrected chi connectivity index (χ0v) is 9.83. The molecule has 1 N–H and O–H groups in total. The maximum Gasteiger partial charge on any atom is 0.216 e. The third kappa shape index (κ3) is 2.49. The number of aromatic amines is 1. The van der Waals surface area contributed by atoms with E-state index in [2.05, 4.69) is 10.1 Å². The average molecular weight is 235 g/mol. The Kier molecular flexibility index (Phi) is 3.36. The zero-order valence-electron chi connectivity index (χ0n) is 9.01. The number of hydrogen-bond donors (Lipinski definition) is 1. The molecule has 0 fully saturated rings. The van der Waals surface area contributed by atoms with Gasteiger partial charge in [-0.15, -0.1) is 0 Å². The third-order valence-electron chi connectivity index (χ3n) is 2.16. The molecule has 0 saturated carbocycles. The number of rotatable bonds is 4. The Balaban J connectivity index is 2.02. The Labute approximate surface area is 98.9 Å². The first-order valence-corrected chi connectivity index (χ1v) is 5.54. The van der Waals surface area contributed by atoms with Crippen molar-refractivity contribution in [1.29, 1.82) is 0 Å². The number of benzene rings is 1. The molecule has 0 spiro atoms. The van der Waals surface area contributed by atoms with Crippen LogP contribution < -0.4 is 4.74 Å². The minimum atomic E-state index is 0.403. The lowest BCUT2D eigenvalue weighted by molar-refractivity contribution is 0.295. The zero-order chi connectivity index (χ0) is 11.4.